The number of hydrogen-bond acceptors (Lipinski definition) is 2. The van der Waals surface area contributed by atoms with E-state index >= 15 is 0 Å². The molecule has 4 rings (SSSR count). The van der Waals surface area contributed by atoms with Crippen molar-refractivity contribution in [2.45, 2.75) is 50.7 Å². The third-order valence-corrected chi connectivity index (χ3v) is 5.81. The lowest BCUT2D eigenvalue weighted by molar-refractivity contribution is 0.00905. The molecule has 0 spiro atoms. The molecular formula is C22H24FNO. The van der Waals surface area contributed by atoms with Crippen LogP contribution in [0.2, 0.25) is 0 Å². The number of hydrogen-bond donors (Lipinski definition) is 0. The zero-order chi connectivity index (χ0) is 17.2. The number of rotatable bonds is 4. The molecule has 130 valence electrons. The van der Waals surface area contributed by atoms with Gasteiger partial charge in [0.1, 0.15) is 5.82 Å². The van der Waals surface area contributed by atoms with Crippen LogP contribution in [0.3, 0.4) is 0 Å². The van der Waals surface area contributed by atoms with Crippen LogP contribution in [0.25, 0.3) is 0 Å². The van der Waals surface area contributed by atoms with E-state index in [0.717, 1.165) is 32.2 Å². The smallest absolute Gasteiger partial charge is 0.166 e. The van der Waals surface area contributed by atoms with E-state index in [9.17, 15) is 9.18 Å². The Morgan fingerprint density at radius 3 is 2.40 bits per heavy atom. The number of carbonyl (C=O) groups is 1. The third kappa shape index (κ3) is 3.52. The van der Waals surface area contributed by atoms with Crippen molar-refractivity contribution in [3.05, 3.63) is 71.5 Å². The second-order valence-electron chi connectivity index (χ2n) is 7.44. The van der Waals surface area contributed by atoms with Crippen LogP contribution < -0.4 is 0 Å². The Bertz CT molecular complexity index is 731. The maximum atomic E-state index is 13.5. The molecule has 25 heavy (non-hydrogen) atoms. The fourth-order valence-corrected chi connectivity index (χ4v) is 4.62. The van der Waals surface area contributed by atoms with Gasteiger partial charge in [0.05, 0.1) is 0 Å². The number of ketones is 1. The van der Waals surface area contributed by atoms with Crippen molar-refractivity contribution < 1.29 is 9.18 Å². The topological polar surface area (TPSA) is 20.3 Å². The first-order chi connectivity index (χ1) is 12.2. The van der Waals surface area contributed by atoms with Gasteiger partial charge in [-0.3, -0.25) is 9.69 Å². The summed E-state index contributed by atoms with van der Waals surface area (Å²) < 4.78 is 13.5. The Kier molecular flexibility index (Phi) is 4.67. The summed E-state index contributed by atoms with van der Waals surface area (Å²) in [5, 5.41) is 0. The molecule has 0 N–H and O–H groups in total. The van der Waals surface area contributed by atoms with Gasteiger partial charge < -0.3 is 0 Å². The van der Waals surface area contributed by atoms with Crippen LogP contribution in [0, 0.1) is 11.7 Å². The molecule has 0 aliphatic carbocycles. The lowest BCUT2D eigenvalue weighted by Gasteiger charge is -2.48. The summed E-state index contributed by atoms with van der Waals surface area (Å²) in [7, 11) is 0. The van der Waals surface area contributed by atoms with E-state index < -0.39 is 0 Å². The Balaban J connectivity index is 1.50. The fraction of sp³-hybridized carbons (Fsp3) is 0.409. The maximum absolute atomic E-state index is 13.5. The summed E-state index contributed by atoms with van der Waals surface area (Å²) >= 11 is 0. The molecule has 2 saturated heterocycles. The van der Waals surface area contributed by atoms with E-state index in [1.807, 2.05) is 6.07 Å². The second kappa shape index (κ2) is 7.09. The number of halogens is 1. The zero-order valence-electron chi connectivity index (χ0n) is 14.4. The maximum Gasteiger partial charge on any atom is 0.166 e. The number of piperidine rings is 2. The predicted molar refractivity (Wildman–Crippen MR) is 96.9 cm³/mol. The van der Waals surface area contributed by atoms with Gasteiger partial charge in [-0.25, -0.2) is 4.39 Å². The lowest BCUT2D eigenvalue weighted by Crippen LogP contribution is -2.52. The fourth-order valence-electron chi connectivity index (χ4n) is 4.62. The molecule has 2 bridgehead atoms. The molecule has 0 amide bonds. The van der Waals surface area contributed by atoms with Gasteiger partial charge >= 0.3 is 0 Å². The van der Waals surface area contributed by atoms with E-state index in [2.05, 4.69) is 29.2 Å². The van der Waals surface area contributed by atoms with Crippen LogP contribution in [0.5, 0.6) is 0 Å². The van der Waals surface area contributed by atoms with Gasteiger partial charge in [-0.05, 0) is 43.4 Å². The molecule has 2 unspecified atom stereocenters. The van der Waals surface area contributed by atoms with Crippen LogP contribution >= 0.6 is 0 Å². The van der Waals surface area contributed by atoms with Crippen molar-refractivity contribution in [3.8, 4) is 0 Å². The van der Waals surface area contributed by atoms with E-state index in [4.69, 9.17) is 0 Å². The molecule has 2 aliphatic heterocycles. The van der Waals surface area contributed by atoms with Gasteiger partial charge in [-0.1, -0.05) is 48.9 Å². The normalized spacial score (nSPS) is 26.4. The SMILES string of the molecule is O=C(c1cccc(F)c1)C1CC2CCCC(C1)N2Cc1ccccc1. The molecule has 0 aromatic heterocycles. The Morgan fingerprint density at radius 2 is 1.72 bits per heavy atom. The minimum atomic E-state index is -0.326. The number of Topliss-reactive ketones (excluding diaryl/α,β-unsaturated/α-hetero) is 1. The van der Waals surface area contributed by atoms with Crippen molar-refractivity contribution in [2.24, 2.45) is 5.92 Å². The molecule has 2 heterocycles. The first-order valence-corrected chi connectivity index (χ1v) is 9.30. The van der Waals surface area contributed by atoms with E-state index in [1.54, 1.807) is 12.1 Å². The summed E-state index contributed by atoms with van der Waals surface area (Å²) in [5.74, 6) is -0.174. The average molecular weight is 337 g/mol. The van der Waals surface area contributed by atoms with Crippen molar-refractivity contribution >= 4 is 5.78 Å². The van der Waals surface area contributed by atoms with Crippen LogP contribution in [0.15, 0.2) is 54.6 Å². The highest BCUT2D eigenvalue weighted by Crippen LogP contribution is 2.39. The highest BCUT2D eigenvalue weighted by molar-refractivity contribution is 5.98. The molecule has 2 aromatic rings. The van der Waals surface area contributed by atoms with Gasteiger partial charge in [-0.2, -0.15) is 0 Å². The van der Waals surface area contributed by atoms with Gasteiger partial charge in [-0.15, -0.1) is 0 Å². The van der Waals surface area contributed by atoms with Crippen LogP contribution in [0.4, 0.5) is 4.39 Å². The average Bonchev–Trinajstić information content (AvgIpc) is 2.62. The number of carbonyl (C=O) groups excluding carboxylic acids is 1. The molecule has 2 nitrogen and oxygen atoms in total. The third-order valence-electron chi connectivity index (χ3n) is 5.81. The minimum Gasteiger partial charge on any atom is -0.294 e. The first kappa shape index (κ1) is 16.5. The van der Waals surface area contributed by atoms with Crippen LogP contribution in [-0.4, -0.2) is 22.8 Å². The van der Waals surface area contributed by atoms with Crippen molar-refractivity contribution in [1.29, 1.82) is 0 Å². The Labute approximate surface area is 148 Å². The molecular weight excluding hydrogens is 313 g/mol. The molecule has 2 atom stereocenters. The summed E-state index contributed by atoms with van der Waals surface area (Å²) in [6.45, 7) is 0.969. The van der Waals surface area contributed by atoms with Crippen molar-refractivity contribution in [2.75, 3.05) is 0 Å². The molecule has 2 aliphatic rings. The molecule has 0 saturated carbocycles. The summed E-state index contributed by atoms with van der Waals surface area (Å²) in [6.07, 6.45) is 5.38. The number of fused-ring (bicyclic) bond motifs is 2. The predicted octanol–water partition coefficient (Wildman–Crippen LogP) is 4.84. The summed E-state index contributed by atoms with van der Waals surface area (Å²) in [5.41, 5.74) is 1.87. The zero-order valence-corrected chi connectivity index (χ0v) is 14.4. The summed E-state index contributed by atoms with van der Waals surface area (Å²) in [4.78, 5) is 15.5. The van der Waals surface area contributed by atoms with Gasteiger partial charge in [0.2, 0.25) is 0 Å². The van der Waals surface area contributed by atoms with Crippen molar-refractivity contribution in [1.82, 2.24) is 4.90 Å². The Hall–Kier alpha value is -2.00. The van der Waals surface area contributed by atoms with Gasteiger partial charge in [0, 0.05) is 30.1 Å². The van der Waals surface area contributed by atoms with Crippen LogP contribution in [-0.2, 0) is 6.54 Å². The van der Waals surface area contributed by atoms with Gasteiger partial charge in [0.15, 0.2) is 5.78 Å². The van der Waals surface area contributed by atoms with E-state index in [1.165, 1.54) is 24.1 Å². The van der Waals surface area contributed by atoms with Gasteiger partial charge in [0.25, 0.3) is 0 Å². The quantitative estimate of drug-likeness (QED) is 0.744. The summed E-state index contributed by atoms with van der Waals surface area (Å²) in [6, 6.07) is 17.7. The molecule has 0 radical (unpaired) electrons. The van der Waals surface area contributed by atoms with Crippen LogP contribution in [0.1, 0.15) is 48.0 Å². The number of nitrogens with zero attached hydrogens (tertiary/aromatic N) is 1. The van der Waals surface area contributed by atoms with E-state index in [0.29, 0.717) is 17.6 Å². The van der Waals surface area contributed by atoms with E-state index in [-0.39, 0.29) is 17.5 Å². The molecule has 2 aromatic carbocycles. The largest absolute Gasteiger partial charge is 0.294 e. The molecule has 2 fully saturated rings. The minimum absolute atomic E-state index is 0.0316. The Morgan fingerprint density at radius 1 is 1.00 bits per heavy atom. The first-order valence-electron chi connectivity index (χ1n) is 9.30. The standard InChI is InChI=1S/C22H24FNO/c23-19-9-4-8-17(12-19)22(25)18-13-20-10-5-11-21(14-18)24(20)15-16-6-2-1-3-7-16/h1-4,6-9,12,18,20-21H,5,10-11,13-15H2. The van der Waals surface area contributed by atoms with Crippen molar-refractivity contribution in [3.63, 3.8) is 0 Å². The lowest BCUT2D eigenvalue weighted by atomic mass is 9.75. The highest BCUT2D eigenvalue weighted by Gasteiger charge is 2.40. The number of benzene rings is 2. The second-order valence-corrected chi connectivity index (χ2v) is 7.44. The monoisotopic (exact) mass is 337 g/mol. The molecule has 3 heteroatoms. The highest BCUT2D eigenvalue weighted by atomic mass is 19.1.